The van der Waals surface area contributed by atoms with Gasteiger partial charge in [0.25, 0.3) is 5.91 Å². The van der Waals surface area contributed by atoms with Gasteiger partial charge in [0.1, 0.15) is 0 Å². The van der Waals surface area contributed by atoms with E-state index in [0.717, 1.165) is 22.2 Å². The quantitative estimate of drug-likeness (QED) is 0.563. The van der Waals surface area contributed by atoms with Crippen molar-refractivity contribution in [2.24, 2.45) is 0 Å². The normalized spacial score (nSPS) is 14.6. The highest BCUT2D eigenvalue weighted by molar-refractivity contribution is 14.1. The molecule has 2 rings (SSSR count). The van der Waals surface area contributed by atoms with Crippen LogP contribution in [0, 0.1) is 3.57 Å². The molecule has 1 saturated heterocycles. The number of hydrogen-bond acceptors (Lipinski definition) is 1. The van der Waals surface area contributed by atoms with Crippen LogP contribution in [-0.4, -0.2) is 23.9 Å². The predicted octanol–water partition coefficient (Wildman–Crippen LogP) is 1.75. The Bertz CT molecular complexity index is 303. The van der Waals surface area contributed by atoms with Crippen LogP contribution in [0.2, 0.25) is 0 Å². The molecule has 0 spiro atoms. The zero-order valence-corrected chi connectivity index (χ0v) is 8.61. The summed E-state index contributed by atoms with van der Waals surface area (Å²) in [4.78, 5) is 13.3. The number of halogens is 1. The van der Waals surface area contributed by atoms with Gasteiger partial charge in [-0.05, 0) is 46.9 Å². The zero-order valence-electron chi connectivity index (χ0n) is 6.46. The molecule has 62 valence electrons. The molecule has 2 nitrogen and oxygen atoms in total. The summed E-state index contributed by atoms with van der Waals surface area (Å²) in [6, 6.07) is 7.67. The molecule has 0 radical (unpaired) electrons. The number of carbonyl (C=O) groups excluding carboxylic acids is 1. The second-order valence-electron chi connectivity index (χ2n) is 2.80. The van der Waals surface area contributed by atoms with Crippen molar-refractivity contribution >= 4 is 28.5 Å². The first kappa shape index (κ1) is 8.04. The van der Waals surface area contributed by atoms with Crippen molar-refractivity contribution in [2.75, 3.05) is 13.1 Å². The van der Waals surface area contributed by atoms with Crippen LogP contribution >= 0.6 is 22.6 Å². The van der Waals surface area contributed by atoms with Gasteiger partial charge in [0.15, 0.2) is 0 Å². The summed E-state index contributed by atoms with van der Waals surface area (Å²) in [5, 5.41) is 0. The fourth-order valence-electron chi connectivity index (χ4n) is 1.03. The Hall–Kier alpha value is -0.580. The van der Waals surface area contributed by atoms with Gasteiger partial charge in [-0.25, -0.2) is 0 Å². The Morgan fingerprint density at radius 3 is 2.33 bits per heavy atom. The second kappa shape index (κ2) is 3.05. The molecule has 3 heteroatoms. The fourth-order valence-corrected chi connectivity index (χ4v) is 1.39. The molecule has 0 unspecified atom stereocenters. The first-order chi connectivity index (χ1) is 5.77. The third-order valence-corrected chi connectivity index (χ3v) is 2.54. The molecule has 1 aromatic carbocycles. The van der Waals surface area contributed by atoms with Crippen molar-refractivity contribution in [1.82, 2.24) is 4.90 Å². The molecule has 0 atom stereocenters. The molecule has 0 N–H and O–H groups in total. The molecule has 1 amide bonds. The minimum Gasteiger partial charge on any atom is -0.335 e. The Balaban J connectivity index is 2.22. The highest BCUT2D eigenvalue weighted by atomic mass is 127. The van der Waals surface area contributed by atoms with Crippen molar-refractivity contribution < 1.29 is 4.79 Å². The second-order valence-corrected chi connectivity index (χ2v) is 4.04. The maximum absolute atomic E-state index is 11.4. The van der Waals surface area contributed by atoms with Crippen LogP contribution in [0.1, 0.15) is 10.4 Å². The largest absolute Gasteiger partial charge is 0.335 e. The van der Waals surface area contributed by atoms with Gasteiger partial charge in [-0.15, -0.1) is 0 Å². The minimum atomic E-state index is 0.159. The van der Waals surface area contributed by atoms with E-state index in [-0.39, 0.29) is 5.91 Å². The van der Waals surface area contributed by atoms with Crippen LogP contribution < -0.4 is 0 Å². The van der Waals surface area contributed by atoms with E-state index >= 15 is 0 Å². The maximum atomic E-state index is 11.4. The molecule has 1 fully saturated rings. The molecule has 1 aliphatic rings. The number of benzene rings is 1. The molecule has 0 saturated carbocycles. The third-order valence-electron chi connectivity index (χ3n) is 1.83. The molecule has 1 aromatic rings. The Kier molecular flexibility index (Phi) is 2.04. The number of hydrogen-bond donors (Lipinski definition) is 0. The van der Waals surface area contributed by atoms with E-state index < -0.39 is 0 Å². The van der Waals surface area contributed by atoms with Gasteiger partial charge in [-0.2, -0.15) is 0 Å². The molecular weight excluding hydrogens is 265 g/mol. The summed E-state index contributed by atoms with van der Waals surface area (Å²) in [6.07, 6.45) is 0. The van der Waals surface area contributed by atoms with Crippen LogP contribution in [-0.2, 0) is 0 Å². The predicted molar refractivity (Wildman–Crippen MR) is 55.1 cm³/mol. The lowest BCUT2D eigenvalue weighted by atomic mass is 10.2. The van der Waals surface area contributed by atoms with Gasteiger partial charge in [0.05, 0.1) is 0 Å². The Morgan fingerprint density at radius 2 is 1.83 bits per heavy atom. The molecule has 1 aliphatic heterocycles. The molecule has 0 aliphatic carbocycles. The van der Waals surface area contributed by atoms with Crippen molar-refractivity contribution in [3.8, 4) is 0 Å². The van der Waals surface area contributed by atoms with Gasteiger partial charge >= 0.3 is 0 Å². The lowest BCUT2D eigenvalue weighted by Crippen LogP contribution is -2.09. The highest BCUT2D eigenvalue weighted by Crippen LogP contribution is 2.13. The topological polar surface area (TPSA) is 20.1 Å². The smallest absolute Gasteiger partial charge is 0.253 e. The van der Waals surface area contributed by atoms with Gasteiger partial charge in [-0.3, -0.25) is 4.79 Å². The van der Waals surface area contributed by atoms with Crippen LogP contribution in [0.3, 0.4) is 0 Å². The van der Waals surface area contributed by atoms with Gasteiger partial charge in [-0.1, -0.05) is 0 Å². The number of nitrogens with zero attached hydrogens (tertiary/aromatic N) is 1. The Morgan fingerprint density at radius 1 is 1.25 bits per heavy atom. The van der Waals surface area contributed by atoms with Crippen molar-refractivity contribution in [2.45, 2.75) is 0 Å². The van der Waals surface area contributed by atoms with E-state index in [1.165, 1.54) is 0 Å². The number of carbonyl (C=O) groups is 1. The summed E-state index contributed by atoms with van der Waals surface area (Å²) in [5.74, 6) is 0.159. The van der Waals surface area contributed by atoms with E-state index in [1.54, 1.807) is 0 Å². The molecule has 1 heterocycles. The van der Waals surface area contributed by atoms with E-state index in [2.05, 4.69) is 22.6 Å². The van der Waals surface area contributed by atoms with E-state index in [0.29, 0.717) is 0 Å². The standard InChI is InChI=1S/C9H8INO/c10-8-3-1-7(2-4-8)9(12)11-5-6-11/h1-4H,5-6H2. The summed E-state index contributed by atoms with van der Waals surface area (Å²) in [5.41, 5.74) is 0.799. The Labute approximate surface area is 84.7 Å². The SMILES string of the molecule is O=C(c1ccc(I)cc1)N1CC1. The van der Waals surface area contributed by atoms with Crippen LogP contribution in [0.4, 0.5) is 0 Å². The number of amides is 1. The monoisotopic (exact) mass is 273 g/mol. The van der Waals surface area contributed by atoms with Crippen LogP contribution in [0.15, 0.2) is 24.3 Å². The number of rotatable bonds is 1. The maximum Gasteiger partial charge on any atom is 0.253 e. The summed E-state index contributed by atoms with van der Waals surface area (Å²) in [7, 11) is 0. The van der Waals surface area contributed by atoms with E-state index in [1.807, 2.05) is 29.2 Å². The third kappa shape index (κ3) is 1.60. The average Bonchev–Trinajstić information content (AvgIpc) is 2.87. The molecule has 0 aromatic heterocycles. The first-order valence-corrected chi connectivity index (χ1v) is 4.90. The minimum absolute atomic E-state index is 0.159. The zero-order chi connectivity index (χ0) is 8.55. The van der Waals surface area contributed by atoms with Gasteiger partial charge < -0.3 is 4.90 Å². The van der Waals surface area contributed by atoms with Crippen molar-refractivity contribution in [3.05, 3.63) is 33.4 Å². The van der Waals surface area contributed by atoms with E-state index in [4.69, 9.17) is 0 Å². The average molecular weight is 273 g/mol. The van der Waals surface area contributed by atoms with Gasteiger partial charge in [0, 0.05) is 22.2 Å². The molecular formula is C9H8INO. The lowest BCUT2D eigenvalue weighted by molar-refractivity contribution is 0.0885. The summed E-state index contributed by atoms with van der Waals surface area (Å²) in [6.45, 7) is 1.84. The van der Waals surface area contributed by atoms with E-state index in [9.17, 15) is 4.79 Å². The van der Waals surface area contributed by atoms with Gasteiger partial charge in [0.2, 0.25) is 0 Å². The molecule has 0 bridgehead atoms. The fraction of sp³-hybridized carbons (Fsp3) is 0.222. The lowest BCUT2D eigenvalue weighted by Gasteiger charge is -2.00. The first-order valence-electron chi connectivity index (χ1n) is 3.82. The van der Waals surface area contributed by atoms with Crippen molar-refractivity contribution in [1.29, 1.82) is 0 Å². The van der Waals surface area contributed by atoms with Crippen molar-refractivity contribution in [3.63, 3.8) is 0 Å². The summed E-state index contributed by atoms with van der Waals surface area (Å²) >= 11 is 2.23. The van der Waals surface area contributed by atoms with Crippen LogP contribution in [0.5, 0.6) is 0 Å². The summed E-state index contributed by atoms with van der Waals surface area (Å²) < 4.78 is 1.16. The highest BCUT2D eigenvalue weighted by Gasteiger charge is 2.24. The molecule has 12 heavy (non-hydrogen) atoms. The van der Waals surface area contributed by atoms with Crippen LogP contribution in [0.25, 0.3) is 0 Å².